The van der Waals surface area contributed by atoms with Crippen LogP contribution in [0.15, 0.2) is 23.4 Å². The maximum Gasteiger partial charge on any atom is 0.232 e. The smallest absolute Gasteiger partial charge is 0.232 e. The number of carbonyl (C=O) groups is 1. The van der Waals surface area contributed by atoms with Crippen LogP contribution in [0.2, 0.25) is 0 Å². The SMILES string of the molecule is CC(C)CN(CC(C)C)C(=O)CSc1ccncc1N. The maximum absolute atomic E-state index is 12.3. The van der Waals surface area contributed by atoms with Crippen molar-refractivity contribution in [3.8, 4) is 0 Å². The fourth-order valence-electron chi connectivity index (χ4n) is 1.92. The van der Waals surface area contributed by atoms with Gasteiger partial charge in [0.1, 0.15) is 0 Å². The molecule has 0 fully saturated rings. The van der Waals surface area contributed by atoms with Crippen LogP contribution < -0.4 is 5.73 Å². The van der Waals surface area contributed by atoms with Gasteiger partial charge < -0.3 is 10.6 Å². The summed E-state index contributed by atoms with van der Waals surface area (Å²) in [4.78, 5) is 19.2. The van der Waals surface area contributed by atoms with Gasteiger partial charge >= 0.3 is 0 Å². The molecule has 0 aromatic carbocycles. The van der Waals surface area contributed by atoms with E-state index in [-0.39, 0.29) is 5.91 Å². The summed E-state index contributed by atoms with van der Waals surface area (Å²) in [5.41, 5.74) is 6.47. The Kier molecular flexibility index (Phi) is 6.85. The number of aromatic nitrogens is 1. The van der Waals surface area contributed by atoms with Gasteiger partial charge in [0.15, 0.2) is 0 Å². The van der Waals surface area contributed by atoms with Gasteiger partial charge in [-0.25, -0.2) is 0 Å². The van der Waals surface area contributed by atoms with E-state index in [2.05, 4.69) is 32.7 Å². The molecule has 1 aromatic rings. The summed E-state index contributed by atoms with van der Waals surface area (Å²) in [5.74, 6) is 1.56. The lowest BCUT2D eigenvalue weighted by molar-refractivity contribution is -0.129. The van der Waals surface area contributed by atoms with Gasteiger partial charge in [-0.15, -0.1) is 11.8 Å². The molecule has 1 rings (SSSR count). The molecule has 0 radical (unpaired) electrons. The molecule has 0 aliphatic carbocycles. The highest BCUT2D eigenvalue weighted by Crippen LogP contribution is 2.23. The minimum atomic E-state index is 0.175. The number of nitrogens with zero attached hydrogens (tertiary/aromatic N) is 2. The zero-order valence-electron chi connectivity index (χ0n) is 12.8. The zero-order valence-corrected chi connectivity index (χ0v) is 13.6. The van der Waals surface area contributed by atoms with Crippen LogP contribution in [-0.2, 0) is 4.79 Å². The van der Waals surface area contributed by atoms with E-state index in [1.165, 1.54) is 11.8 Å². The largest absolute Gasteiger partial charge is 0.397 e. The van der Waals surface area contributed by atoms with Crippen LogP contribution in [0.1, 0.15) is 27.7 Å². The maximum atomic E-state index is 12.3. The lowest BCUT2D eigenvalue weighted by atomic mass is 10.1. The molecule has 0 atom stereocenters. The van der Waals surface area contributed by atoms with Crippen molar-refractivity contribution >= 4 is 23.4 Å². The van der Waals surface area contributed by atoms with Crippen molar-refractivity contribution < 1.29 is 4.79 Å². The van der Waals surface area contributed by atoms with Crippen molar-refractivity contribution in [3.05, 3.63) is 18.5 Å². The number of amides is 1. The third-order valence-electron chi connectivity index (χ3n) is 2.69. The fourth-order valence-corrected chi connectivity index (χ4v) is 2.75. The molecule has 2 N–H and O–H groups in total. The number of hydrogen-bond donors (Lipinski definition) is 1. The Balaban J connectivity index is 2.59. The highest BCUT2D eigenvalue weighted by molar-refractivity contribution is 8.00. The number of pyridine rings is 1. The number of carbonyl (C=O) groups excluding carboxylic acids is 1. The molecule has 1 aromatic heterocycles. The van der Waals surface area contributed by atoms with Crippen molar-refractivity contribution in [2.75, 3.05) is 24.6 Å². The lowest BCUT2D eigenvalue weighted by Gasteiger charge is -2.26. The average molecular weight is 295 g/mol. The van der Waals surface area contributed by atoms with Gasteiger partial charge in [-0.1, -0.05) is 27.7 Å². The van der Waals surface area contributed by atoms with Crippen LogP contribution in [0.4, 0.5) is 5.69 Å². The number of anilines is 1. The minimum absolute atomic E-state index is 0.175. The second-order valence-corrected chi connectivity index (χ2v) is 6.81. The van der Waals surface area contributed by atoms with Crippen molar-refractivity contribution in [1.29, 1.82) is 0 Å². The molecule has 0 saturated heterocycles. The number of nitrogens with two attached hydrogens (primary N) is 1. The normalized spacial score (nSPS) is 11.1. The van der Waals surface area contributed by atoms with Gasteiger partial charge in [-0.3, -0.25) is 9.78 Å². The summed E-state index contributed by atoms with van der Waals surface area (Å²) >= 11 is 1.48. The van der Waals surface area contributed by atoms with Crippen molar-refractivity contribution in [3.63, 3.8) is 0 Å². The van der Waals surface area contributed by atoms with Gasteiger partial charge in [-0.05, 0) is 17.9 Å². The molecule has 1 heterocycles. The summed E-state index contributed by atoms with van der Waals surface area (Å²) < 4.78 is 0. The third kappa shape index (κ3) is 5.82. The van der Waals surface area contributed by atoms with E-state index < -0.39 is 0 Å². The second kappa shape index (κ2) is 8.15. The number of thioether (sulfide) groups is 1. The lowest BCUT2D eigenvalue weighted by Crippen LogP contribution is -2.38. The second-order valence-electron chi connectivity index (χ2n) is 5.79. The predicted molar refractivity (Wildman–Crippen MR) is 85.6 cm³/mol. The Bertz CT molecular complexity index is 425. The van der Waals surface area contributed by atoms with Crippen LogP contribution in [0.3, 0.4) is 0 Å². The van der Waals surface area contributed by atoms with Crippen LogP contribution in [0, 0.1) is 11.8 Å². The average Bonchev–Trinajstić information content (AvgIpc) is 2.35. The van der Waals surface area contributed by atoms with E-state index in [1.54, 1.807) is 12.4 Å². The molecular weight excluding hydrogens is 270 g/mol. The quantitative estimate of drug-likeness (QED) is 0.786. The summed E-state index contributed by atoms with van der Waals surface area (Å²) in [6.45, 7) is 10.2. The van der Waals surface area contributed by atoms with Crippen molar-refractivity contribution in [2.45, 2.75) is 32.6 Å². The summed E-state index contributed by atoms with van der Waals surface area (Å²) in [5, 5.41) is 0. The van der Waals surface area contributed by atoms with Crippen LogP contribution in [0.25, 0.3) is 0 Å². The highest BCUT2D eigenvalue weighted by atomic mass is 32.2. The number of nitrogen functional groups attached to an aromatic ring is 1. The molecule has 0 spiro atoms. The van der Waals surface area contributed by atoms with Crippen LogP contribution in [0.5, 0.6) is 0 Å². The molecular formula is C15H25N3OS. The van der Waals surface area contributed by atoms with Gasteiger partial charge in [0.25, 0.3) is 0 Å². The summed E-state index contributed by atoms with van der Waals surface area (Å²) in [7, 11) is 0. The molecule has 0 unspecified atom stereocenters. The van der Waals surface area contributed by atoms with E-state index in [0.717, 1.165) is 18.0 Å². The highest BCUT2D eigenvalue weighted by Gasteiger charge is 2.16. The van der Waals surface area contributed by atoms with Gasteiger partial charge in [0.2, 0.25) is 5.91 Å². The van der Waals surface area contributed by atoms with E-state index in [4.69, 9.17) is 5.73 Å². The molecule has 0 aliphatic rings. The first kappa shape index (κ1) is 16.8. The number of rotatable bonds is 7. The Morgan fingerprint density at radius 2 is 1.90 bits per heavy atom. The molecule has 0 aliphatic heterocycles. The van der Waals surface area contributed by atoms with Gasteiger partial charge in [0.05, 0.1) is 17.6 Å². The van der Waals surface area contributed by atoms with Crippen LogP contribution >= 0.6 is 11.8 Å². The molecule has 0 saturated carbocycles. The van der Waals surface area contributed by atoms with Crippen molar-refractivity contribution in [1.82, 2.24) is 9.88 Å². The van der Waals surface area contributed by atoms with Gasteiger partial charge in [-0.2, -0.15) is 0 Å². The van der Waals surface area contributed by atoms with Gasteiger partial charge in [0, 0.05) is 24.2 Å². The minimum Gasteiger partial charge on any atom is -0.397 e. The first-order chi connectivity index (χ1) is 9.40. The number of hydrogen-bond acceptors (Lipinski definition) is 4. The third-order valence-corrected chi connectivity index (χ3v) is 3.76. The predicted octanol–water partition coefficient (Wildman–Crippen LogP) is 2.90. The van der Waals surface area contributed by atoms with Crippen molar-refractivity contribution in [2.24, 2.45) is 11.8 Å². The Morgan fingerprint density at radius 1 is 1.30 bits per heavy atom. The zero-order chi connectivity index (χ0) is 15.1. The topological polar surface area (TPSA) is 59.2 Å². The van der Waals surface area contributed by atoms with E-state index in [1.807, 2.05) is 11.0 Å². The Labute approximate surface area is 126 Å². The van der Waals surface area contributed by atoms with E-state index in [9.17, 15) is 4.79 Å². The first-order valence-electron chi connectivity index (χ1n) is 7.00. The first-order valence-corrected chi connectivity index (χ1v) is 7.98. The Morgan fingerprint density at radius 3 is 2.40 bits per heavy atom. The molecule has 4 nitrogen and oxygen atoms in total. The monoisotopic (exact) mass is 295 g/mol. The standard InChI is InChI=1S/C15H25N3OS/c1-11(2)8-18(9-12(3)4)15(19)10-20-14-5-6-17-7-13(14)16/h5-7,11-12H,8-10,16H2,1-4H3. The molecule has 20 heavy (non-hydrogen) atoms. The molecule has 1 amide bonds. The van der Waals surface area contributed by atoms with E-state index in [0.29, 0.717) is 23.3 Å². The van der Waals surface area contributed by atoms with E-state index >= 15 is 0 Å². The van der Waals surface area contributed by atoms with Crippen LogP contribution in [-0.4, -0.2) is 34.6 Å². The molecule has 112 valence electrons. The Hall–Kier alpha value is -1.23. The summed E-state index contributed by atoms with van der Waals surface area (Å²) in [6.07, 6.45) is 3.32. The molecule has 5 heteroatoms. The fraction of sp³-hybridized carbons (Fsp3) is 0.600. The molecule has 0 bridgehead atoms. The summed E-state index contributed by atoms with van der Waals surface area (Å²) in [6, 6.07) is 1.85.